The van der Waals surface area contributed by atoms with Gasteiger partial charge in [0.05, 0.1) is 10.6 Å². The van der Waals surface area contributed by atoms with Gasteiger partial charge in [-0.15, -0.1) is 0 Å². The molecule has 1 unspecified atom stereocenters. The largest absolute Gasteiger partial charge is 0.329 e. The summed E-state index contributed by atoms with van der Waals surface area (Å²) in [6.45, 7) is 0.581. The van der Waals surface area contributed by atoms with Gasteiger partial charge in [-0.1, -0.05) is 24.6 Å². The fourth-order valence-electron chi connectivity index (χ4n) is 2.68. The molecule has 1 aliphatic heterocycles. The third-order valence-corrected chi connectivity index (χ3v) is 7.30. The van der Waals surface area contributed by atoms with E-state index in [1.165, 1.54) is 16.4 Å². The van der Waals surface area contributed by atoms with Crippen molar-refractivity contribution >= 4 is 20.0 Å². The van der Waals surface area contributed by atoms with Crippen molar-refractivity contribution in [3.63, 3.8) is 0 Å². The van der Waals surface area contributed by atoms with Crippen molar-refractivity contribution in [3.05, 3.63) is 30.3 Å². The molecule has 1 heterocycles. The topological polar surface area (TPSA) is 110 Å². The molecule has 0 aliphatic carbocycles. The maximum absolute atomic E-state index is 12.4. The number of rotatable bonds is 7. The van der Waals surface area contributed by atoms with Crippen LogP contribution in [0.3, 0.4) is 0 Å². The van der Waals surface area contributed by atoms with E-state index < -0.39 is 20.0 Å². The summed E-state index contributed by atoms with van der Waals surface area (Å²) in [5.41, 5.74) is 5.65. The second-order valence-corrected chi connectivity index (χ2v) is 9.33. The summed E-state index contributed by atoms with van der Waals surface area (Å²) in [5, 5.41) is 0. The Balaban J connectivity index is 1.97. The summed E-state index contributed by atoms with van der Waals surface area (Å²) >= 11 is 0. The first kappa shape index (κ1) is 18.3. The Hall–Kier alpha value is -1.00. The highest BCUT2D eigenvalue weighted by atomic mass is 32.2. The van der Waals surface area contributed by atoms with Crippen LogP contribution in [0.1, 0.15) is 19.3 Å². The fraction of sp³-hybridized carbons (Fsp3) is 0.571. The maximum atomic E-state index is 12.4. The summed E-state index contributed by atoms with van der Waals surface area (Å²) in [4.78, 5) is 0.121. The molecule has 0 amide bonds. The van der Waals surface area contributed by atoms with Crippen LogP contribution >= 0.6 is 0 Å². The number of benzene rings is 1. The van der Waals surface area contributed by atoms with Crippen molar-refractivity contribution in [2.45, 2.75) is 30.2 Å². The lowest BCUT2D eigenvalue weighted by molar-refractivity contribution is 0.257. The van der Waals surface area contributed by atoms with Gasteiger partial charge in [-0.25, -0.2) is 21.6 Å². The van der Waals surface area contributed by atoms with E-state index in [1.807, 2.05) is 0 Å². The molecule has 0 saturated carbocycles. The van der Waals surface area contributed by atoms with Gasteiger partial charge >= 0.3 is 0 Å². The number of nitrogens with two attached hydrogens (primary N) is 1. The second-order valence-electron chi connectivity index (χ2n) is 5.52. The van der Waals surface area contributed by atoms with Gasteiger partial charge in [0.25, 0.3) is 0 Å². The van der Waals surface area contributed by atoms with Gasteiger partial charge < -0.3 is 5.73 Å². The SMILES string of the molecule is NCC1CCCCN1S(=O)(=O)CCNS(=O)(=O)c1ccccc1. The first-order chi connectivity index (χ1) is 10.9. The zero-order valence-corrected chi connectivity index (χ0v) is 14.5. The molecule has 23 heavy (non-hydrogen) atoms. The lowest BCUT2D eigenvalue weighted by Gasteiger charge is -2.33. The van der Waals surface area contributed by atoms with E-state index in [1.54, 1.807) is 18.2 Å². The third-order valence-electron chi connectivity index (χ3n) is 3.91. The molecule has 1 saturated heterocycles. The molecular formula is C14H23N3O4S2. The molecule has 0 aromatic heterocycles. The van der Waals surface area contributed by atoms with E-state index in [2.05, 4.69) is 4.72 Å². The summed E-state index contributed by atoms with van der Waals surface area (Å²) in [7, 11) is -7.21. The number of hydrogen-bond acceptors (Lipinski definition) is 5. The van der Waals surface area contributed by atoms with Crippen molar-refractivity contribution in [2.24, 2.45) is 5.73 Å². The van der Waals surface area contributed by atoms with Crippen molar-refractivity contribution < 1.29 is 16.8 Å². The van der Waals surface area contributed by atoms with E-state index in [-0.39, 0.29) is 29.8 Å². The molecule has 1 aliphatic rings. The van der Waals surface area contributed by atoms with Crippen LogP contribution in [0.2, 0.25) is 0 Å². The minimum atomic E-state index is -3.69. The highest BCUT2D eigenvalue weighted by molar-refractivity contribution is 7.90. The highest BCUT2D eigenvalue weighted by Crippen LogP contribution is 2.20. The first-order valence-electron chi connectivity index (χ1n) is 7.61. The second kappa shape index (κ2) is 7.71. The van der Waals surface area contributed by atoms with E-state index in [4.69, 9.17) is 5.73 Å². The molecule has 1 fully saturated rings. The monoisotopic (exact) mass is 361 g/mol. The lowest BCUT2D eigenvalue weighted by Crippen LogP contribution is -2.49. The van der Waals surface area contributed by atoms with Crippen molar-refractivity contribution in [1.82, 2.24) is 9.03 Å². The standard InChI is InChI=1S/C14H23N3O4S2/c15-12-13-6-4-5-10-17(13)22(18,19)11-9-16-23(20,21)14-7-2-1-3-8-14/h1-3,7-8,13,16H,4-6,9-12,15H2. The molecule has 130 valence electrons. The number of nitrogens with zero attached hydrogens (tertiary/aromatic N) is 1. The van der Waals surface area contributed by atoms with Crippen molar-refractivity contribution in [1.29, 1.82) is 0 Å². The molecule has 9 heteroatoms. The van der Waals surface area contributed by atoms with Crippen LogP contribution in [-0.4, -0.2) is 52.6 Å². The van der Waals surface area contributed by atoms with Crippen LogP contribution in [0.15, 0.2) is 35.2 Å². The van der Waals surface area contributed by atoms with E-state index in [9.17, 15) is 16.8 Å². The molecule has 0 bridgehead atoms. The van der Waals surface area contributed by atoms with E-state index in [0.717, 1.165) is 19.3 Å². The predicted octanol–water partition coefficient (Wildman–Crippen LogP) is 0.108. The van der Waals surface area contributed by atoms with E-state index >= 15 is 0 Å². The summed E-state index contributed by atoms with van der Waals surface area (Å²) < 4.78 is 52.7. The van der Waals surface area contributed by atoms with Gasteiger partial charge in [-0.3, -0.25) is 0 Å². The van der Waals surface area contributed by atoms with Crippen LogP contribution in [0.5, 0.6) is 0 Å². The molecule has 0 radical (unpaired) electrons. The first-order valence-corrected chi connectivity index (χ1v) is 10.7. The van der Waals surface area contributed by atoms with Crippen molar-refractivity contribution in [3.8, 4) is 0 Å². The molecule has 3 N–H and O–H groups in total. The zero-order chi connectivity index (χ0) is 16.9. The smallest absolute Gasteiger partial charge is 0.240 e. The minimum Gasteiger partial charge on any atom is -0.329 e. The normalized spacial score (nSPS) is 20.5. The van der Waals surface area contributed by atoms with E-state index in [0.29, 0.717) is 6.54 Å². The van der Waals surface area contributed by atoms with Gasteiger partial charge in [-0.05, 0) is 25.0 Å². The summed E-state index contributed by atoms with van der Waals surface area (Å²) in [6.07, 6.45) is 2.53. The Morgan fingerprint density at radius 2 is 1.83 bits per heavy atom. The fourth-order valence-corrected chi connectivity index (χ4v) is 5.51. The van der Waals surface area contributed by atoms with Gasteiger partial charge in [0.1, 0.15) is 0 Å². The molecule has 1 aromatic rings. The van der Waals surface area contributed by atoms with Crippen LogP contribution in [0.4, 0.5) is 0 Å². The van der Waals surface area contributed by atoms with Gasteiger partial charge in [0.2, 0.25) is 20.0 Å². The quantitative estimate of drug-likeness (QED) is 0.716. The Bertz CT molecular complexity index is 705. The average Bonchev–Trinajstić information content (AvgIpc) is 2.55. The number of hydrogen-bond donors (Lipinski definition) is 2. The van der Waals surface area contributed by atoms with Gasteiger partial charge in [-0.2, -0.15) is 4.31 Å². The third kappa shape index (κ3) is 4.74. The maximum Gasteiger partial charge on any atom is 0.240 e. The Morgan fingerprint density at radius 1 is 1.13 bits per heavy atom. The summed E-state index contributed by atoms with van der Waals surface area (Å²) in [5.74, 6) is -0.268. The average molecular weight is 361 g/mol. The number of sulfonamides is 2. The van der Waals surface area contributed by atoms with Crippen LogP contribution in [0, 0.1) is 0 Å². The predicted molar refractivity (Wildman–Crippen MR) is 88.8 cm³/mol. The Morgan fingerprint density at radius 3 is 2.48 bits per heavy atom. The van der Waals surface area contributed by atoms with Gasteiger partial charge in [0, 0.05) is 25.7 Å². The Labute approximate surface area is 138 Å². The van der Waals surface area contributed by atoms with Crippen molar-refractivity contribution in [2.75, 3.05) is 25.4 Å². The van der Waals surface area contributed by atoms with Gasteiger partial charge in [0.15, 0.2) is 0 Å². The molecule has 2 rings (SSSR count). The molecule has 7 nitrogen and oxygen atoms in total. The lowest BCUT2D eigenvalue weighted by atomic mass is 10.1. The molecule has 0 spiro atoms. The highest BCUT2D eigenvalue weighted by Gasteiger charge is 2.31. The molecule has 1 atom stereocenters. The molecular weight excluding hydrogens is 338 g/mol. The summed E-state index contributed by atoms with van der Waals surface area (Å²) in [6, 6.07) is 7.69. The number of piperidine rings is 1. The Kier molecular flexibility index (Phi) is 6.15. The molecule has 1 aromatic carbocycles. The zero-order valence-electron chi connectivity index (χ0n) is 12.9. The van der Waals surface area contributed by atoms with Crippen LogP contribution < -0.4 is 10.5 Å². The van der Waals surface area contributed by atoms with Crippen LogP contribution in [0.25, 0.3) is 0 Å². The number of nitrogens with one attached hydrogen (secondary N) is 1. The van der Waals surface area contributed by atoms with Crippen LogP contribution in [-0.2, 0) is 20.0 Å². The minimum absolute atomic E-state index is 0.121.